The molecule has 0 radical (unpaired) electrons. The Labute approximate surface area is 121 Å². The molecule has 0 bridgehead atoms. The molecule has 0 amide bonds. The van der Waals surface area contributed by atoms with E-state index >= 15 is 0 Å². The van der Waals surface area contributed by atoms with Gasteiger partial charge in [-0.05, 0) is 45.9 Å². The van der Waals surface area contributed by atoms with Crippen molar-refractivity contribution in [1.29, 1.82) is 0 Å². The van der Waals surface area contributed by atoms with E-state index in [0.29, 0.717) is 16.8 Å². The van der Waals surface area contributed by atoms with Gasteiger partial charge in [-0.15, -0.1) is 0 Å². The van der Waals surface area contributed by atoms with Crippen LogP contribution in [-0.2, 0) is 0 Å². The average molecular weight is 331 g/mol. The number of hydrogen-bond acceptors (Lipinski definition) is 4. The smallest absolute Gasteiger partial charge is 0.312 e. The van der Waals surface area contributed by atoms with Crippen LogP contribution in [0.3, 0.4) is 0 Å². The van der Waals surface area contributed by atoms with E-state index in [1.165, 1.54) is 6.07 Å². The van der Waals surface area contributed by atoms with Crippen molar-refractivity contribution < 1.29 is 9.66 Å². The molecular formula is C13H19BrN2O3. The van der Waals surface area contributed by atoms with E-state index < -0.39 is 4.92 Å². The third-order valence-corrected chi connectivity index (χ3v) is 2.84. The predicted octanol–water partition coefficient (Wildman–Crippen LogP) is 3.51. The Morgan fingerprint density at radius 2 is 2.11 bits per heavy atom. The largest absolute Gasteiger partial charge is 0.487 e. The molecule has 0 spiro atoms. The summed E-state index contributed by atoms with van der Waals surface area (Å²) in [6, 6.07) is 4.79. The second kappa shape index (κ2) is 6.86. The molecule has 0 aliphatic carbocycles. The summed E-state index contributed by atoms with van der Waals surface area (Å²) in [6.07, 6.45) is 0.796. The molecule has 0 unspecified atom stereocenters. The molecule has 0 atom stereocenters. The van der Waals surface area contributed by atoms with Crippen molar-refractivity contribution in [2.24, 2.45) is 0 Å². The minimum absolute atomic E-state index is 0.0156. The zero-order valence-electron chi connectivity index (χ0n) is 11.4. The lowest BCUT2D eigenvalue weighted by Gasteiger charge is -2.20. The Kier molecular flexibility index (Phi) is 5.75. The molecule has 0 saturated heterocycles. The van der Waals surface area contributed by atoms with Gasteiger partial charge in [-0.1, -0.05) is 15.9 Å². The summed E-state index contributed by atoms with van der Waals surface area (Å²) in [6.45, 7) is 7.54. The van der Waals surface area contributed by atoms with Gasteiger partial charge in [-0.2, -0.15) is 0 Å². The molecule has 0 aliphatic heterocycles. The summed E-state index contributed by atoms with van der Waals surface area (Å²) >= 11 is 3.21. The van der Waals surface area contributed by atoms with Crippen LogP contribution in [0.1, 0.15) is 27.2 Å². The molecule has 106 valence electrons. The van der Waals surface area contributed by atoms with Gasteiger partial charge in [-0.3, -0.25) is 10.1 Å². The van der Waals surface area contributed by atoms with Crippen molar-refractivity contribution in [3.8, 4) is 5.75 Å². The number of halogens is 1. The molecular weight excluding hydrogens is 312 g/mol. The van der Waals surface area contributed by atoms with Gasteiger partial charge in [0.25, 0.3) is 0 Å². The summed E-state index contributed by atoms with van der Waals surface area (Å²) in [4.78, 5) is 10.4. The predicted molar refractivity (Wildman–Crippen MR) is 78.7 cm³/mol. The van der Waals surface area contributed by atoms with E-state index in [1.54, 1.807) is 12.1 Å². The number of nitro groups is 1. The number of nitro benzene ring substituents is 1. The number of ether oxygens (including phenoxy) is 1. The summed E-state index contributed by atoms with van der Waals surface area (Å²) in [5, 5.41) is 14.2. The Morgan fingerprint density at radius 3 is 2.68 bits per heavy atom. The lowest BCUT2D eigenvalue weighted by molar-refractivity contribution is -0.385. The van der Waals surface area contributed by atoms with Crippen molar-refractivity contribution in [2.45, 2.75) is 32.7 Å². The van der Waals surface area contributed by atoms with Crippen LogP contribution in [-0.4, -0.2) is 23.6 Å². The molecule has 5 nitrogen and oxygen atoms in total. The molecule has 0 saturated carbocycles. The van der Waals surface area contributed by atoms with Crippen molar-refractivity contribution >= 4 is 21.6 Å². The highest BCUT2D eigenvalue weighted by atomic mass is 79.9. The Hall–Kier alpha value is -1.14. The molecule has 0 aromatic heterocycles. The van der Waals surface area contributed by atoms with Gasteiger partial charge < -0.3 is 10.1 Å². The topological polar surface area (TPSA) is 64.4 Å². The zero-order chi connectivity index (χ0) is 14.5. The SMILES string of the molecule is CC(C)(C)NCCCOc1ccc(Br)cc1[N+](=O)[O-]. The summed E-state index contributed by atoms with van der Waals surface area (Å²) < 4.78 is 6.13. The highest BCUT2D eigenvalue weighted by Gasteiger charge is 2.15. The standard InChI is InChI=1S/C13H19BrN2O3/c1-13(2,3)15-7-4-8-19-12-6-5-10(14)9-11(12)16(17)18/h5-6,9,15H,4,7-8H2,1-3H3. The highest BCUT2D eigenvalue weighted by molar-refractivity contribution is 9.10. The van der Waals surface area contributed by atoms with E-state index in [1.807, 2.05) is 0 Å². The number of hydrogen-bond donors (Lipinski definition) is 1. The van der Waals surface area contributed by atoms with Crippen molar-refractivity contribution in [3.05, 3.63) is 32.8 Å². The van der Waals surface area contributed by atoms with Gasteiger partial charge in [0.2, 0.25) is 0 Å². The number of benzene rings is 1. The van der Waals surface area contributed by atoms with Crippen LogP contribution in [0, 0.1) is 10.1 Å². The fourth-order valence-electron chi connectivity index (χ4n) is 1.47. The van der Waals surface area contributed by atoms with Crippen LogP contribution in [0.15, 0.2) is 22.7 Å². The molecule has 0 fully saturated rings. The summed E-state index contributed by atoms with van der Waals surface area (Å²) in [7, 11) is 0. The fourth-order valence-corrected chi connectivity index (χ4v) is 1.82. The van der Waals surface area contributed by atoms with Crippen LogP contribution >= 0.6 is 15.9 Å². The van der Waals surface area contributed by atoms with Crippen LogP contribution < -0.4 is 10.1 Å². The number of nitrogens with zero attached hydrogens (tertiary/aromatic N) is 1. The van der Waals surface area contributed by atoms with Gasteiger partial charge in [0.1, 0.15) is 0 Å². The van der Waals surface area contributed by atoms with Gasteiger partial charge in [0.05, 0.1) is 11.5 Å². The molecule has 1 aromatic rings. The maximum absolute atomic E-state index is 10.9. The Balaban J connectivity index is 2.47. The Bertz CT molecular complexity index is 444. The molecule has 1 N–H and O–H groups in total. The maximum atomic E-state index is 10.9. The molecule has 6 heteroatoms. The lowest BCUT2D eigenvalue weighted by Crippen LogP contribution is -2.36. The quantitative estimate of drug-likeness (QED) is 0.492. The first-order valence-electron chi connectivity index (χ1n) is 6.11. The minimum atomic E-state index is -0.437. The van der Waals surface area contributed by atoms with Gasteiger partial charge >= 0.3 is 5.69 Å². The van der Waals surface area contributed by atoms with E-state index in [4.69, 9.17) is 4.74 Å². The normalized spacial score (nSPS) is 11.4. The van der Waals surface area contributed by atoms with Crippen molar-refractivity contribution in [2.75, 3.05) is 13.2 Å². The second-order valence-corrected chi connectivity index (χ2v) is 6.16. The van der Waals surface area contributed by atoms with E-state index in [9.17, 15) is 10.1 Å². The van der Waals surface area contributed by atoms with Crippen LogP contribution in [0.25, 0.3) is 0 Å². The molecule has 1 rings (SSSR count). The van der Waals surface area contributed by atoms with Gasteiger partial charge in [-0.25, -0.2) is 0 Å². The van der Waals surface area contributed by atoms with Crippen LogP contribution in [0.2, 0.25) is 0 Å². The Morgan fingerprint density at radius 1 is 1.42 bits per heavy atom. The number of nitrogens with one attached hydrogen (secondary N) is 1. The third-order valence-electron chi connectivity index (χ3n) is 2.35. The van der Waals surface area contributed by atoms with Crippen LogP contribution in [0.4, 0.5) is 5.69 Å². The third kappa shape index (κ3) is 6.02. The first-order valence-corrected chi connectivity index (χ1v) is 6.91. The van der Waals surface area contributed by atoms with Gasteiger partial charge in [0.15, 0.2) is 5.75 Å². The summed E-state index contributed by atoms with van der Waals surface area (Å²) in [5.41, 5.74) is 0.0574. The van der Waals surface area contributed by atoms with Crippen LogP contribution in [0.5, 0.6) is 5.75 Å². The molecule has 0 aliphatic rings. The highest BCUT2D eigenvalue weighted by Crippen LogP contribution is 2.30. The van der Waals surface area contributed by atoms with E-state index in [0.717, 1.165) is 13.0 Å². The monoisotopic (exact) mass is 330 g/mol. The first kappa shape index (κ1) is 15.9. The van der Waals surface area contributed by atoms with Gasteiger partial charge in [0, 0.05) is 16.1 Å². The minimum Gasteiger partial charge on any atom is -0.487 e. The molecule has 19 heavy (non-hydrogen) atoms. The lowest BCUT2D eigenvalue weighted by atomic mass is 10.1. The zero-order valence-corrected chi connectivity index (χ0v) is 13.0. The first-order chi connectivity index (χ1) is 8.79. The maximum Gasteiger partial charge on any atom is 0.312 e. The fraction of sp³-hybridized carbons (Fsp3) is 0.538. The van der Waals surface area contributed by atoms with Crippen molar-refractivity contribution in [3.63, 3.8) is 0 Å². The summed E-state index contributed by atoms with van der Waals surface area (Å²) in [5.74, 6) is 0.309. The van der Waals surface area contributed by atoms with E-state index in [2.05, 4.69) is 42.0 Å². The molecule has 0 heterocycles. The van der Waals surface area contributed by atoms with E-state index in [-0.39, 0.29) is 11.2 Å². The number of rotatable bonds is 6. The average Bonchev–Trinajstić information content (AvgIpc) is 2.28. The second-order valence-electron chi connectivity index (χ2n) is 5.25. The van der Waals surface area contributed by atoms with Crippen molar-refractivity contribution in [1.82, 2.24) is 5.32 Å². The molecule has 1 aromatic carbocycles.